The molecule has 0 saturated heterocycles. The molecule has 6 heteroatoms. The summed E-state index contributed by atoms with van der Waals surface area (Å²) in [7, 11) is 1.62. The van der Waals surface area contributed by atoms with Gasteiger partial charge in [-0.15, -0.1) is 0 Å². The molecule has 0 radical (unpaired) electrons. The molecule has 0 amide bonds. The number of halogens is 1. The van der Waals surface area contributed by atoms with Crippen LogP contribution in [0.5, 0.6) is 5.75 Å². The first kappa shape index (κ1) is 16.1. The first-order valence-electron chi connectivity index (χ1n) is 8.17. The van der Waals surface area contributed by atoms with Crippen molar-refractivity contribution in [2.45, 2.75) is 6.92 Å². The standard InChI is InChI=1S/C20H17FN4O/c1-12-9-19(25-24-12)22-18-11-13-10-14(26-2)7-8-15(13)20(23-18)16-5-3-4-6-17(16)21/h3-11H,1-2H3,(H2,22,23,24,25). The van der Waals surface area contributed by atoms with Crippen LogP contribution in [0.3, 0.4) is 0 Å². The molecule has 26 heavy (non-hydrogen) atoms. The van der Waals surface area contributed by atoms with E-state index in [-0.39, 0.29) is 5.82 Å². The second-order valence-electron chi connectivity index (χ2n) is 5.98. The Morgan fingerprint density at radius 2 is 1.88 bits per heavy atom. The molecule has 4 aromatic rings. The summed E-state index contributed by atoms with van der Waals surface area (Å²) in [5, 5.41) is 12.0. The van der Waals surface area contributed by atoms with Gasteiger partial charge in [-0.2, -0.15) is 5.10 Å². The molecule has 0 aliphatic heterocycles. The van der Waals surface area contributed by atoms with Crippen molar-refractivity contribution < 1.29 is 9.13 Å². The van der Waals surface area contributed by atoms with E-state index in [1.54, 1.807) is 25.3 Å². The number of anilines is 2. The molecule has 0 fully saturated rings. The number of hydrogen-bond donors (Lipinski definition) is 2. The predicted molar refractivity (Wildman–Crippen MR) is 100 cm³/mol. The Bertz CT molecular complexity index is 1090. The van der Waals surface area contributed by atoms with Gasteiger partial charge in [-0.1, -0.05) is 12.1 Å². The van der Waals surface area contributed by atoms with E-state index in [0.29, 0.717) is 22.9 Å². The lowest BCUT2D eigenvalue weighted by molar-refractivity contribution is 0.415. The fraction of sp³-hybridized carbons (Fsp3) is 0.100. The minimum absolute atomic E-state index is 0.315. The SMILES string of the molecule is COc1ccc2c(-c3ccccc3F)nc(Nc3cc(C)[nH]n3)cc2c1. The molecule has 2 aromatic carbocycles. The predicted octanol–water partition coefficient (Wildman–Crippen LogP) is 4.82. The van der Waals surface area contributed by atoms with Crippen LogP contribution in [0.2, 0.25) is 0 Å². The molecule has 0 aliphatic rings. The molecular weight excluding hydrogens is 331 g/mol. The number of H-pyrrole nitrogens is 1. The summed E-state index contributed by atoms with van der Waals surface area (Å²) < 4.78 is 19.7. The van der Waals surface area contributed by atoms with E-state index in [9.17, 15) is 4.39 Å². The molecule has 0 atom stereocenters. The van der Waals surface area contributed by atoms with Gasteiger partial charge in [0.25, 0.3) is 0 Å². The van der Waals surface area contributed by atoms with Crippen molar-refractivity contribution in [1.82, 2.24) is 15.2 Å². The van der Waals surface area contributed by atoms with Gasteiger partial charge in [0.2, 0.25) is 0 Å². The zero-order valence-electron chi connectivity index (χ0n) is 14.4. The fourth-order valence-electron chi connectivity index (χ4n) is 2.90. The van der Waals surface area contributed by atoms with Crippen LogP contribution in [0.25, 0.3) is 22.0 Å². The number of rotatable bonds is 4. The lowest BCUT2D eigenvalue weighted by atomic mass is 10.0. The van der Waals surface area contributed by atoms with E-state index in [0.717, 1.165) is 22.2 Å². The van der Waals surface area contributed by atoms with Crippen LogP contribution in [-0.4, -0.2) is 22.3 Å². The summed E-state index contributed by atoms with van der Waals surface area (Å²) >= 11 is 0. The number of ether oxygens (including phenoxy) is 1. The quantitative estimate of drug-likeness (QED) is 0.555. The molecule has 0 saturated carbocycles. The Morgan fingerprint density at radius 1 is 1.04 bits per heavy atom. The molecule has 2 heterocycles. The van der Waals surface area contributed by atoms with Gasteiger partial charge in [-0.3, -0.25) is 5.10 Å². The van der Waals surface area contributed by atoms with Crippen LogP contribution in [-0.2, 0) is 0 Å². The number of nitrogens with zero attached hydrogens (tertiary/aromatic N) is 2. The third kappa shape index (κ3) is 2.97. The molecule has 5 nitrogen and oxygen atoms in total. The Kier molecular flexibility index (Phi) is 4.01. The van der Waals surface area contributed by atoms with Crippen LogP contribution < -0.4 is 10.1 Å². The van der Waals surface area contributed by atoms with Gasteiger partial charge in [0.1, 0.15) is 17.4 Å². The third-order valence-corrected chi connectivity index (χ3v) is 4.13. The van der Waals surface area contributed by atoms with Crippen molar-refractivity contribution in [2.75, 3.05) is 12.4 Å². The maximum Gasteiger partial charge on any atom is 0.153 e. The van der Waals surface area contributed by atoms with E-state index < -0.39 is 0 Å². The van der Waals surface area contributed by atoms with Gasteiger partial charge < -0.3 is 10.1 Å². The number of aryl methyl sites for hydroxylation is 1. The van der Waals surface area contributed by atoms with Gasteiger partial charge in [-0.25, -0.2) is 9.37 Å². The van der Waals surface area contributed by atoms with Gasteiger partial charge in [0.15, 0.2) is 5.82 Å². The van der Waals surface area contributed by atoms with E-state index in [2.05, 4.69) is 20.5 Å². The number of nitrogens with one attached hydrogen (secondary N) is 2. The summed E-state index contributed by atoms with van der Waals surface area (Å²) in [5.74, 6) is 1.64. The maximum atomic E-state index is 14.4. The highest BCUT2D eigenvalue weighted by Gasteiger charge is 2.13. The van der Waals surface area contributed by atoms with Crippen LogP contribution in [0.15, 0.2) is 54.6 Å². The summed E-state index contributed by atoms with van der Waals surface area (Å²) in [5.41, 5.74) is 1.95. The van der Waals surface area contributed by atoms with Crippen molar-refractivity contribution in [3.05, 3.63) is 66.1 Å². The monoisotopic (exact) mass is 348 g/mol. The molecule has 4 rings (SSSR count). The van der Waals surface area contributed by atoms with E-state index in [1.165, 1.54) is 6.07 Å². The van der Waals surface area contributed by atoms with E-state index >= 15 is 0 Å². The van der Waals surface area contributed by atoms with Crippen LogP contribution in [0.1, 0.15) is 5.69 Å². The van der Waals surface area contributed by atoms with Crippen LogP contribution in [0, 0.1) is 12.7 Å². The summed E-state index contributed by atoms with van der Waals surface area (Å²) in [6, 6.07) is 16.0. The summed E-state index contributed by atoms with van der Waals surface area (Å²) in [6.45, 7) is 1.92. The fourth-order valence-corrected chi connectivity index (χ4v) is 2.90. The Balaban J connectivity index is 1.91. The minimum Gasteiger partial charge on any atom is -0.497 e. The highest BCUT2D eigenvalue weighted by atomic mass is 19.1. The number of aromatic amines is 1. The second-order valence-corrected chi connectivity index (χ2v) is 5.98. The van der Waals surface area contributed by atoms with Crippen molar-refractivity contribution >= 4 is 22.4 Å². The number of methoxy groups -OCH3 is 1. The molecular formula is C20H17FN4O. The van der Waals surface area contributed by atoms with Crippen molar-refractivity contribution in [3.8, 4) is 17.0 Å². The van der Waals surface area contributed by atoms with Crippen molar-refractivity contribution in [2.24, 2.45) is 0 Å². The Labute approximate surface area is 149 Å². The van der Waals surface area contributed by atoms with Gasteiger partial charge in [0.05, 0.1) is 12.8 Å². The highest BCUT2D eigenvalue weighted by Crippen LogP contribution is 2.33. The lowest BCUT2D eigenvalue weighted by Gasteiger charge is -2.12. The topological polar surface area (TPSA) is 62.8 Å². The first-order valence-corrected chi connectivity index (χ1v) is 8.17. The van der Waals surface area contributed by atoms with Crippen LogP contribution >= 0.6 is 0 Å². The smallest absolute Gasteiger partial charge is 0.153 e. The average Bonchev–Trinajstić information content (AvgIpc) is 3.05. The molecule has 130 valence electrons. The number of benzene rings is 2. The Morgan fingerprint density at radius 3 is 2.62 bits per heavy atom. The van der Waals surface area contributed by atoms with E-state index in [1.807, 2.05) is 37.3 Å². The first-order chi connectivity index (χ1) is 12.6. The molecule has 0 spiro atoms. The molecule has 0 unspecified atom stereocenters. The average molecular weight is 348 g/mol. The minimum atomic E-state index is -0.315. The van der Waals surface area contributed by atoms with Crippen molar-refractivity contribution in [3.63, 3.8) is 0 Å². The number of fused-ring (bicyclic) bond motifs is 1. The molecule has 2 N–H and O–H groups in total. The second kappa shape index (κ2) is 6.48. The molecule has 0 aliphatic carbocycles. The van der Waals surface area contributed by atoms with Crippen LogP contribution in [0.4, 0.5) is 16.0 Å². The molecule has 2 aromatic heterocycles. The van der Waals surface area contributed by atoms with E-state index in [4.69, 9.17) is 4.74 Å². The van der Waals surface area contributed by atoms with Crippen molar-refractivity contribution in [1.29, 1.82) is 0 Å². The number of pyridine rings is 1. The largest absolute Gasteiger partial charge is 0.497 e. The lowest BCUT2D eigenvalue weighted by Crippen LogP contribution is -1.98. The number of aromatic nitrogens is 3. The zero-order valence-corrected chi connectivity index (χ0v) is 14.4. The normalized spacial score (nSPS) is 10.9. The highest BCUT2D eigenvalue weighted by molar-refractivity contribution is 5.97. The zero-order chi connectivity index (χ0) is 18.1. The van der Waals surface area contributed by atoms with Gasteiger partial charge in [0, 0.05) is 22.7 Å². The Hall–Kier alpha value is -3.41. The summed E-state index contributed by atoms with van der Waals surface area (Å²) in [4.78, 5) is 4.65. The summed E-state index contributed by atoms with van der Waals surface area (Å²) in [6.07, 6.45) is 0. The number of hydrogen-bond acceptors (Lipinski definition) is 4. The maximum absolute atomic E-state index is 14.4. The van der Waals surface area contributed by atoms with Gasteiger partial charge >= 0.3 is 0 Å². The molecule has 0 bridgehead atoms. The third-order valence-electron chi connectivity index (χ3n) is 4.13. The van der Waals surface area contributed by atoms with Gasteiger partial charge in [-0.05, 0) is 48.7 Å².